The molecule has 2 heterocycles. The van der Waals surface area contributed by atoms with Crippen LogP contribution in [0.3, 0.4) is 0 Å². The maximum Gasteiger partial charge on any atom is 0.193 e. The van der Waals surface area contributed by atoms with Gasteiger partial charge in [0, 0.05) is 29.8 Å². The van der Waals surface area contributed by atoms with Crippen molar-refractivity contribution in [3.8, 4) is 5.75 Å². The van der Waals surface area contributed by atoms with Gasteiger partial charge < -0.3 is 14.7 Å². The number of rotatable bonds is 4. The van der Waals surface area contributed by atoms with E-state index in [2.05, 4.69) is 11.6 Å². The third-order valence-corrected chi connectivity index (χ3v) is 4.60. The van der Waals surface area contributed by atoms with Gasteiger partial charge in [0.1, 0.15) is 18.2 Å². The van der Waals surface area contributed by atoms with E-state index in [1.165, 1.54) is 0 Å². The number of fused-ring (bicyclic) bond motifs is 3. The molecule has 4 nitrogen and oxygen atoms in total. The van der Waals surface area contributed by atoms with Gasteiger partial charge in [-0.05, 0) is 18.6 Å². The van der Waals surface area contributed by atoms with Crippen molar-refractivity contribution in [3.05, 3.63) is 77.9 Å². The molecule has 4 rings (SSSR count). The number of hydrogen-bond acceptors (Lipinski definition) is 4. The highest BCUT2D eigenvalue weighted by molar-refractivity contribution is 6.04. The molecule has 2 aliphatic rings. The van der Waals surface area contributed by atoms with Crippen molar-refractivity contribution in [2.75, 3.05) is 19.7 Å². The van der Waals surface area contributed by atoms with Crippen LogP contribution in [0.2, 0.25) is 0 Å². The van der Waals surface area contributed by atoms with E-state index >= 15 is 0 Å². The van der Waals surface area contributed by atoms with Gasteiger partial charge in [0.2, 0.25) is 0 Å². The summed E-state index contributed by atoms with van der Waals surface area (Å²) < 4.78 is 5.65. The largest absolute Gasteiger partial charge is 0.490 e. The van der Waals surface area contributed by atoms with Crippen molar-refractivity contribution >= 4 is 18.2 Å². The Balaban J connectivity index is 0.00000182. The second kappa shape index (κ2) is 6.90. The Hall–Kier alpha value is -2.30. The molecule has 1 unspecified atom stereocenters. The molecule has 0 amide bonds. The molecule has 1 atom stereocenters. The van der Waals surface area contributed by atoms with E-state index in [9.17, 15) is 5.11 Å². The van der Waals surface area contributed by atoms with Crippen LogP contribution in [0.5, 0.6) is 5.75 Å². The van der Waals surface area contributed by atoms with Crippen molar-refractivity contribution in [3.63, 3.8) is 0 Å². The van der Waals surface area contributed by atoms with Crippen molar-refractivity contribution in [2.45, 2.75) is 12.1 Å². The van der Waals surface area contributed by atoms with E-state index < -0.39 is 5.72 Å². The van der Waals surface area contributed by atoms with E-state index in [4.69, 9.17) is 4.74 Å². The lowest BCUT2D eigenvalue weighted by Crippen LogP contribution is -2.47. The van der Waals surface area contributed by atoms with Gasteiger partial charge in [-0.25, -0.2) is 0 Å². The normalized spacial score (nSPS) is 20.8. The average molecular weight is 357 g/mol. The van der Waals surface area contributed by atoms with E-state index in [-0.39, 0.29) is 12.4 Å². The average Bonchev–Trinajstić information content (AvgIpc) is 2.91. The van der Waals surface area contributed by atoms with Crippen molar-refractivity contribution in [1.82, 2.24) is 4.90 Å². The summed E-state index contributed by atoms with van der Waals surface area (Å²) in [6.45, 7) is 5.70. The minimum Gasteiger partial charge on any atom is -0.490 e. The van der Waals surface area contributed by atoms with Gasteiger partial charge in [0.25, 0.3) is 0 Å². The van der Waals surface area contributed by atoms with Crippen LogP contribution in [0.15, 0.2) is 66.2 Å². The van der Waals surface area contributed by atoms with E-state index in [0.717, 1.165) is 47.8 Å². The van der Waals surface area contributed by atoms with Crippen LogP contribution >= 0.6 is 12.4 Å². The Bertz CT molecular complexity index is 821. The van der Waals surface area contributed by atoms with Crippen LogP contribution in [-0.4, -0.2) is 35.5 Å². The molecule has 0 saturated heterocycles. The van der Waals surface area contributed by atoms with Gasteiger partial charge in [0.05, 0.1) is 0 Å². The molecule has 2 aliphatic heterocycles. The summed E-state index contributed by atoms with van der Waals surface area (Å²) >= 11 is 0. The van der Waals surface area contributed by atoms with Crippen molar-refractivity contribution in [1.29, 1.82) is 0 Å². The Morgan fingerprint density at radius 2 is 2.08 bits per heavy atom. The first-order valence-electron chi connectivity index (χ1n) is 8.23. The minimum absolute atomic E-state index is 0. The highest BCUT2D eigenvalue weighted by Gasteiger charge is 2.48. The maximum absolute atomic E-state index is 11.7. The minimum atomic E-state index is -1.20. The summed E-state index contributed by atoms with van der Waals surface area (Å²) in [4.78, 5) is 6.67. The molecule has 130 valence electrons. The third-order valence-electron chi connectivity index (χ3n) is 4.60. The molecule has 1 N–H and O–H groups in total. The SMILES string of the molecule is C=CCOc1cccc(C2(O)c3ccccc3C3=NCCCN32)c1.Cl. The fourth-order valence-corrected chi connectivity index (χ4v) is 3.55. The topological polar surface area (TPSA) is 45.1 Å². The second-order valence-electron chi connectivity index (χ2n) is 6.06. The standard InChI is InChI=1S/C20H20N2O2.ClH/c1-2-13-24-16-8-5-7-15(14-16)20(23)18-10-4-3-9-17(18)19-21-11-6-12-22(19)20;/h2-5,7-10,14,23H,1,6,11-13H2;1H. The number of amidine groups is 1. The third kappa shape index (κ3) is 2.71. The molecule has 5 heteroatoms. The lowest BCUT2D eigenvalue weighted by Gasteiger charge is -2.37. The first-order chi connectivity index (χ1) is 11.7. The highest BCUT2D eigenvalue weighted by atomic mass is 35.5. The Morgan fingerprint density at radius 3 is 2.92 bits per heavy atom. The Labute approximate surface area is 153 Å². The molecule has 0 aliphatic carbocycles. The predicted octanol–water partition coefficient (Wildman–Crippen LogP) is 3.33. The molecule has 0 saturated carbocycles. The molecule has 25 heavy (non-hydrogen) atoms. The maximum atomic E-state index is 11.7. The number of hydrogen-bond donors (Lipinski definition) is 1. The van der Waals surface area contributed by atoms with E-state index in [0.29, 0.717) is 6.61 Å². The summed E-state index contributed by atoms with van der Waals surface area (Å²) in [6, 6.07) is 15.6. The molecule has 0 bridgehead atoms. The fraction of sp³-hybridized carbons (Fsp3) is 0.250. The summed E-state index contributed by atoms with van der Waals surface area (Å²) in [5, 5.41) is 11.7. The number of aliphatic hydroxyl groups is 1. The molecule has 2 aromatic rings. The van der Waals surface area contributed by atoms with Crippen LogP contribution in [-0.2, 0) is 5.72 Å². The molecule has 0 aromatic heterocycles. The zero-order valence-electron chi connectivity index (χ0n) is 13.9. The quantitative estimate of drug-likeness (QED) is 0.855. The highest BCUT2D eigenvalue weighted by Crippen LogP contribution is 2.44. The Kier molecular flexibility index (Phi) is 4.84. The molecule has 2 aromatic carbocycles. The lowest BCUT2D eigenvalue weighted by atomic mass is 9.93. The summed E-state index contributed by atoms with van der Waals surface area (Å²) in [5.74, 6) is 1.61. The molecule has 0 fully saturated rings. The number of ether oxygens (including phenoxy) is 1. The Morgan fingerprint density at radius 1 is 1.24 bits per heavy atom. The van der Waals surface area contributed by atoms with Gasteiger partial charge in [-0.3, -0.25) is 4.99 Å². The van der Waals surface area contributed by atoms with Gasteiger partial charge in [-0.2, -0.15) is 0 Å². The predicted molar refractivity (Wildman–Crippen MR) is 102 cm³/mol. The van der Waals surface area contributed by atoms with E-state index in [1.807, 2.05) is 53.4 Å². The van der Waals surface area contributed by atoms with Crippen LogP contribution in [0.25, 0.3) is 0 Å². The lowest BCUT2D eigenvalue weighted by molar-refractivity contribution is -0.0319. The molecular weight excluding hydrogens is 336 g/mol. The van der Waals surface area contributed by atoms with Gasteiger partial charge in [-0.1, -0.05) is 49.1 Å². The van der Waals surface area contributed by atoms with Gasteiger partial charge in [-0.15, -0.1) is 12.4 Å². The first kappa shape index (κ1) is 17.5. The first-order valence-corrected chi connectivity index (χ1v) is 8.23. The smallest absolute Gasteiger partial charge is 0.193 e. The summed E-state index contributed by atoms with van der Waals surface area (Å²) in [5.41, 5.74) is 1.48. The number of benzene rings is 2. The zero-order valence-corrected chi connectivity index (χ0v) is 14.7. The molecular formula is C20H21ClN2O2. The van der Waals surface area contributed by atoms with Gasteiger partial charge >= 0.3 is 0 Å². The van der Waals surface area contributed by atoms with Crippen LogP contribution in [0, 0.1) is 0 Å². The van der Waals surface area contributed by atoms with E-state index in [1.54, 1.807) is 6.08 Å². The zero-order chi connectivity index (χ0) is 16.6. The van der Waals surface area contributed by atoms with Crippen LogP contribution in [0.4, 0.5) is 0 Å². The number of halogens is 1. The van der Waals surface area contributed by atoms with Crippen molar-refractivity contribution < 1.29 is 9.84 Å². The van der Waals surface area contributed by atoms with Crippen LogP contribution < -0.4 is 4.74 Å². The second-order valence-corrected chi connectivity index (χ2v) is 6.06. The molecule has 0 spiro atoms. The number of nitrogens with zero attached hydrogens (tertiary/aromatic N) is 2. The van der Waals surface area contributed by atoms with Gasteiger partial charge in [0.15, 0.2) is 5.72 Å². The monoisotopic (exact) mass is 356 g/mol. The number of aliphatic imine (C=N–C) groups is 1. The molecule has 0 radical (unpaired) electrons. The fourth-order valence-electron chi connectivity index (χ4n) is 3.55. The van der Waals surface area contributed by atoms with Crippen LogP contribution in [0.1, 0.15) is 23.1 Å². The summed E-state index contributed by atoms with van der Waals surface area (Å²) in [6.07, 6.45) is 2.65. The summed E-state index contributed by atoms with van der Waals surface area (Å²) in [7, 11) is 0. The van der Waals surface area contributed by atoms with Crippen molar-refractivity contribution in [2.24, 2.45) is 4.99 Å².